The van der Waals surface area contributed by atoms with Gasteiger partial charge in [-0.25, -0.2) is 0 Å². The summed E-state index contributed by atoms with van der Waals surface area (Å²) in [5.74, 6) is 2.03. The molecule has 2 N–H and O–H groups in total. The normalized spacial score (nSPS) is 22.6. The lowest BCUT2D eigenvalue weighted by Crippen LogP contribution is -2.39. The Balaban J connectivity index is 1.99. The molecule has 20 heavy (non-hydrogen) atoms. The number of benzene rings is 1. The van der Waals surface area contributed by atoms with E-state index >= 15 is 0 Å². The molecule has 4 heteroatoms. The molecule has 1 aromatic carbocycles. The van der Waals surface area contributed by atoms with Crippen LogP contribution in [0, 0.1) is 5.92 Å². The summed E-state index contributed by atoms with van der Waals surface area (Å²) < 4.78 is 10.6. The maximum absolute atomic E-state index is 9.45. The fraction of sp³-hybridized carbons (Fsp3) is 0.625. The van der Waals surface area contributed by atoms with Crippen LogP contribution in [0.3, 0.4) is 0 Å². The number of aliphatic hydroxyl groups is 1. The molecular formula is C16H25NO3. The molecule has 0 saturated heterocycles. The van der Waals surface area contributed by atoms with Gasteiger partial charge in [-0.15, -0.1) is 0 Å². The molecule has 1 aliphatic carbocycles. The van der Waals surface area contributed by atoms with Crippen LogP contribution in [0.25, 0.3) is 0 Å². The molecule has 0 radical (unpaired) electrons. The van der Waals surface area contributed by atoms with Crippen LogP contribution < -0.4 is 14.8 Å². The van der Waals surface area contributed by atoms with Crippen LogP contribution in [-0.2, 0) is 6.54 Å². The summed E-state index contributed by atoms with van der Waals surface area (Å²) in [7, 11) is 3.33. The number of methoxy groups -OCH3 is 2. The van der Waals surface area contributed by atoms with E-state index in [9.17, 15) is 5.11 Å². The van der Waals surface area contributed by atoms with E-state index in [-0.39, 0.29) is 6.61 Å². The van der Waals surface area contributed by atoms with E-state index in [1.165, 1.54) is 12.8 Å². The standard InChI is InChI=1S/C16H25NO3/c1-19-14-8-7-12(16(9-14)20-2)10-17-15-6-4-3-5-13(15)11-18/h7-9,13,15,17-18H,3-6,10-11H2,1-2H3. The maximum atomic E-state index is 9.45. The van der Waals surface area contributed by atoms with E-state index in [1.807, 2.05) is 18.2 Å². The van der Waals surface area contributed by atoms with E-state index in [2.05, 4.69) is 5.32 Å². The lowest BCUT2D eigenvalue weighted by atomic mass is 9.85. The van der Waals surface area contributed by atoms with Gasteiger partial charge in [-0.1, -0.05) is 18.9 Å². The van der Waals surface area contributed by atoms with Crippen molar-refractivity contribution in [2.45, 2.75) is 38.3 Å². The number of nitrogens with one attached hydrogen (secondary N) is 1. The molecule has 4 nitrogen and oxygen atoms in total. The highest BCUT2D eigenvalue weighted by molar-refractivity contribution is 5.40. The van der Waals surface area contributed by atoms with Gasteiger partial charge in [0.2, 0.25) is 0 Å². The summed E-state index contributed by atoms with van der Waals surface area (Å²) in [6, 6.07) is 6.29. The third-order valence-electron chi connectivity index (χ3n) is 4.19. The lowest BCUT2D eigenvalue weighted by Gasteiger charge is -2.31. The van der Waals surface area contributed by atoms with Crippen molar-refractivity contribution in [3.05, 3.63) is 23.8 Å². The predicted molar refractivity (Wildman–Crippen MR) is 79.2 cm³/mol. The summed E-state index contributed by atoms with van der Waals surface area (Å²) in [6.07, 6.45) is 4.74. The monoisotopic (exact) mass is 279 g/mol. The average molecular weight is 279 g/mol. The highest BCUT2D eigenvalue weighted by Crippen LogP contribution is 2.27. The molecule has 0 aromatic heterocycles. The van der Waals surface area contributed by atoms with Crippen LogP contribution in [0.1, 0.15) is 31.2 Å². The molecule has 0 spiro atoms. The minimum atomic E-state index is 0.275. The van der Waals surface area contributed by atoms with Gasteiger partial charge in [-0.05, 0) is 24.8 Å². The van der Waals surface area contributed by atoms with E-state index in [0.29, 0.717) is 12.0 Å². The Labute approximate surface area is 121 Å². The van der Waals surface area contributed by atoms with Gasteiger partial charge in [0.1, 0.15) is 11.5 Å². The summed E-state index contributed by atoms with van der Waals surface area (Å²) in [6.45, 7) is 1.03. The van der Waals surface area contributed by atoms with Crippen LogP contribution in [0.2, 0.25) is 0 Å². The van der Waals surface area contributed by atoms with Crippen molar-refractivity contribution in [3.8, 4) is 11.5 Å². The SMILES string of the molecule is COc1ccc(CNC2CCCCC2CO)c(OC)c1. The molecule has 1 aromatic rings. The van der Waals surface area contributed by atoms with Crippen molar-refractivity contribution in [3.63, 3.8) is 0 Å². The van der Waals surface area contributed by atoms with Crippen molar-refractivity contribution < 1.29 is 14.6 Å². The van der Waals surface area contributed by atoms with Crippen molar-refractivity contribution in [2.75, 3.05) is 20.8 Å². The minimum Gasteiger partial charge on any atom is -0.497 e. The molecule has 1 fully saturated rings. The van der Waals surface area contributed by atoms with Gasteiger partial charge in [-0.3, -0.25) is 0 Å². The van der Waals surface area contributed by atoms with E-state index in [0.717, 1.165) is 36.4 Å². The van der Waals surface area contributed by atoms with Crippen LogP contribution >= 0.6 is 0 Å². The first-order valence-corrected chi connectivity index (χ1v) is 7.33. The molecule has 2 unspecified atom stereocenters. The zero-order valence-corrected chi connectivity index (χ0v) is 12.4. The summed E-state index contributed by atoms with van der Waals surface area (Å²) in [4.78, 5) is 0. The zero-order valence-electron chi connectivity index (χ0n) is 12.4. The third-order valence-corrected chi connectivity index (χ3v) is 4.19. The van der Waals surface area contributed by atoms with Gasteiger partial charge in [-0.2, -0.15) is 0 Å². The first-order valence-electron chi connectivity index (χ1n) is 7.33. The van der Waals surface area contributed by atoms with Crippen molar-refractivity contribution in [1.82, 2.24) is 5.32 Å². The Hall–Kier alpha value is -1.26. The minimum absolute atomic E-state index is 0.275. The fourth-order valence-electron chi connectivity index (χ4n) is 2.93. The van der Waals surface area contributed by atoms with Crippen molar-refractivity contribution in [1.29, 1.82) is 0 Å². The van der Waals surface area contributed by atoms with Crippen LogP contribution in [0.5, 0.6) is 11.5 Å². The number of rotatable bonds is 6. The van der Waals surface area contributed by atoms with E-state index in [4.69, 9.17) is 9.47 Å². The van der Waals surface area contributed by atoms with Gasteiger partial charge in [0.05, 0.1) is 14.2 Å². The second-order valence-electron chi connectivity index (χ2n) is 5.39. The van der Waals surface area contributed by atoms with Gasteiger partial charge in [0, 0.05) is 30.8 Å². The van der Waals surface area contributed by atoms with E-state index < -0.39 is 0 Å². The first kappa shape index (κ1) is 15.1. The topological polar surface area (TPSA) is 50.7 Å². The highest BCUT2D eigenvalue weighted by atomic mass is 16.5. The second-order valence-corrected chi connectivity index (χ2v) is 5.39. The van der Waals surface area contributed by atoms with E-state index in [1.54, 1.807) is 14.2 Å². The molecule has 0 amide bonds. The lowest BCUT2D eigenvalue weighted by molar-refractivity contribution is 0.152. The molecule has 1 aliphatic rings. The third kappa shape index (κ3) is 3.64. The Bertz CT molecular complexity index is 422. The van der Waals surface area contributed by atoms with Crippen LogP contribution in [-0.4, -0.2) is 32.0 Å². The van der Waals surface area contributed by atoms with Crippen molar-refractivity contribution >= 4 is 0 Å². The second kappa shape index (κ2) is 7.50. The highest BCUT2D eigenvalue weighted by Gasteiger charge is 2.24. The number of aliphatic hydroxyl groups excluding tert-OH is 1. The fourth-order valence-corrected chi connectivity index (χ4v) is 2.93. The molecule has 0 heterocycles. The Morgan fingerprint density at radius 1 is 1.20 bits per heavy atom. The number of ether oxygens (including phenoxy) is 2. The summed E-state index contributed by atoms with van der Waals surface area (Å²) in [5, 5.41) is 13.0. The van der Waals surface area contributed by atoms with Gasteiger partial charge in [0.25, 0.3) is 0 Å². The molecule has 112 valence electrons. The smallest absolute Gasteiger partial charge is 0.127 e. The summed E-state index contributed by atoms with van der Waals surface area (Å²) in [5.41, 5.74) is 1.12. The van der Waals surface area contributed by atoms with Crippen molar-refractivity contribution in [2.24, 2.45) is 5.92 Å². The zero-order chi connectivity index (χ0) is 14.4. The number of hydrogen-bond acceptors (Lipinski definition) is 4. The average Bonchev–Trinajstić information content (AvgIpc) is 2.52. The molecular weight excluding hydrogens is 254 g/mol. The Morgan fingerprint density at radius 2 is 2.00 bits per heavy atom. The first-order chi connectivity index (χ1) is 9.78. The van der Waals surface area contributed by atoms with Crippen LogP contribution in [0.15, 0.2) is 18.2 Å². The molecule has 1 saturated carbocycles. The van der Waals surface area contributed by atoms with Gasteiger partial charge < -0.3 is 19.9 Å². The molecule has 2 atom stereocenters. The summed E-state index contributed by atoms with van der Waals surface area (Å²) >= 11 is 0. The van der Waals surface area contributed by atoms with Gasteiger partial charge >= 0.3 is 0 Å². The molecule has 2 rings (SSSR count). The largest absolute Gasteiger partial charge is 0.497 e. The molecule has 0 aliphatic heterocycles. The van der Waals surface area contributed by atoms with Gasteiger partial charge in [0.15, 0.2) is 0 Å². The predicted octanol–water partition coefficient (Wildman–Crippen LogP) is 2.34. The van der Waals surface area contributed by atoms with Crippen LogP contribution in [0.4, 0.5) is 0 Å². The Morgan fingerprint density at radius 3 is 2.70 bits per heavy atom. The maximum Gasteiger partial charge on any atom is 0.127 e. The Kier molecular flexibility index (Phi) is 5.68. The molecule has 0 bridgehead atoms. The number of hydrogen-bond donors (Lipinski definition) is 2. The quantitative estimate of drug-likeness (QED) is 0.839.